The fraction of sp³-hybridized carbons (Fsp3) is 0.600. The molecule has 0 bridgehead atoms. The van der Waals surface area contributed by atoms with Crippen LogP contribution in [0.3, 0.4) is 0 Å². The SMILES string of the molecule is CN=C(NCCC(=O)N1CCN(c2ccccc2)CC1)NCCC(C)C. The van der Waals surface area contributed by atoms with E-state index in [0.29, 0.717) is 18.9 Å². The number of anilines is 1. The van der Waals surface area contributed by atoms with Gasteiger partial charge in [0.2, 0.25) is 5.91 Å². The number of para-hydroxylation sites is 1. The summed E-state index contributed by atoms with van der Waals surface area (Å²) in [5, 5.41) is 6.51. The molecule has 144 valence electrons. The summed E-state index contributed by atoms with van der Waals surface area (Å²) < 4.78 is 0. The number of rotatable bonds is 7. The number of hydrogen-bond acceptors (Lipinski definition) is 3. The molecular formula is C20H33N5O. The lowest BCUT2D eigenvalue weighted by atomic mass is 10.1. The first-order valence-corrected chi connectivity index (χ1v) is 9.62. The standard InChI is InChI=1S/C20H33N5O/c1-17(2)9-11-22-20(21-3)23-12-10-19(26)25-15-13-24(14-16-25)18-7-5-4-6-8-18/h4-8,17H,9-16H2,1-3H3,(H2,21,22,23). The summed E-state index contributed by atoms with van der Waals surface area (Å²) in [5.41, 5.74) is 1.23. The number of benzene rings is 1. The highest BCUT2D eigenvalue weighted by Crippen LogP contribution is 2.15. The maximum absolute atomic E-state index is 12.4. The van der Waals surface area contributed by atoms with Gasteiger partial charge in [-0.15, -0.1) is 0 Å². The molecular weight excluding hydrogens is 326 g/mol. The van der Waals surface area contributed by atoms with Crippen molar-refractivity contribution in [2.45, 2.75) is 26.7 Å². The second-order valence-electron chi connectivity index (χ2n) is 7.06. The Morgan fingerprint density at radius 2 is 1.73 bits per heavy atom. The number of nitrogens with one attached hydrogen (secondary N) is 2. The van der Waals surface area contributed by atoms with Gasteiger partial charge in [0.05, 0.1) is 0 Å². The first-order valence-electron chi connectivity index (χ1n) is 9.62. The monoisotopic (exact) mass is 359 g/mol. The number of carbonyl (C=O) groups is 1. The van der Waals surface area contributed by atoms with Gasteiger partial charge in [-0.05, 0) is 24.5 Å². The Kier molecular flexibility index (Phi) is 8.25. The van der Waals surface area contributed by atoms with Crippen LogP contribution in [0.1, 0.15) is 26.7 Å². The molecule has 0 aromatic heterocycles. The van der Waals surface area contributed by atoms with Crippen molar-refractivity contribution < 1.29 is 4.79 Å². The van der Waals surface area contributed by atoms with Crippen molar-refractivity contribution in [1.82, 2.24) is 15.5 Å². The highest BCUT2D eigenvalue weighted by molar-refractivity contribution is 5.81. The van der Waals surface area contributed by atoms with Crippen LogP contribution in [-0.2, 0) is 4.79 Å². The number of nitrogens with zero attached hydrogens (tertiary/aromatic N) is 3. The first-order chi connectivity index (χ1) is 12.6. The maximum Gasteiger partial charge on any atom is 0.224 e. The summed E-state index contributed by atoms with van der Waals surface area (Å²) in [7, 11) is 1.76. The fourth-order valence-electron chi connectivity index (χ4n) is 3.00. The van der Waals surface area contributed by atoms with Crippen LogP contribution in [-0.4, -0.2) is 63.1 Å². The van der Waals surface area contributed by atoms with Gasteiger partial charge < -0.3 is 20.4 Å². The predicted octanol–water partition coefficient (Wildman–Crippen LogP) is 1.94. The summed E-state index contributed by atoms with van der Waals surface area (Å²) in [4.78, 5) is 20.9. The molecule has 1 heterocycles. The van der Waals surface area contributed by atoms with Crippen LogP contribution in [0.2, 0.25) is 0 Å². The van der Waals surface area contributed by atoms with Crippen LogP contribution < -0.4 is 15.5 Å². The minimum atomic E-state index is 0.211. The Bertz CT molecular complexity index is 565. The number of aliphatic imine (C=N–C) groups is 1. The molecule has 0 radical (unpaired) electrons. The van der Waals surface area contributed by atoms with Gasteiger partial charge in [0, 0.05) is 58.4 Å². The highest BCUT2D eigenvalue weighted by Gasteiger charge is 2.20. The van der Waals surface area contributed by atoms with Crippen LogP contribution in [0.5, 0.6) is 0 Å². The molecule has 0 saturated carbocycles. The lowest BCUT2D eigenvalue weighted by Crippen LogP contribution is -2.49. The Hall–Kier alpha value is -2.24. The second-order valence-corrected chi connectivity index (χ2v) is 7.06. The van der Waals surface area contributed by atoms with Crippen molar-refractivity contribution in [1.29, 1.82) is 0 Å². The smallest absolute Gasteiger partial charge is 0.224 e. The van der Waals surface area contributed by atoms with E-state index in [2.05, 4.69) is 58.6 Å². The quantitative estimate of drug-likeness (QED) is 0.577. The molecule has 2 rings (SSSR count). The van der Waals surface area contributed by atoms with Crippen LogP contribution in [0.15, 0.2) is 35.3 Å². The zero-order valence-electron chi connectivity index (χ0n) is 16.4. The van der Waals surface area contributed by atoms with Crippen molar-refractivity contribution in [3.05, 3.63) is 30.3 Å². The molecule has 0 atom stereocenters. The van der Waals surface area contributed by atoms with Crippen molar-refractivity contribution in [2.75, 3.05) is 51.2 Å². The zero-order valence-corrected chi connectivity index (χ0v) is 16.4. The largest absolute Gasteiger partial charge is 0.368 e. The summed E-state index contributed by atoms with van der Waals surface area (Å²) in [6.45, 7) is 9.27. The summed E-state index contributed by atoms with van der Waals surface area (Å²) in [5.74, 6) is 1.65. The minimum absolute atomic E-state index is 0.211. The van der Waals surface area contributed by atoms with E-state index in [0.717, 1.165) is 45.1 Å². The van der Waals surface area contributed by atoms with Gasteiger partial charge in [-0.2, -0.15) is 0 Å². The third-order valence-corrected chi connectivity index (χ3v) is 4.62. The van der Waals surface area contributed by atoms with Crippen LogP contribution in [0.4, 0.5) is 5.69 Å². The van der Waals surface area contributed by atoms with E-state index >= 15 is 0 Å². The lowest BCUT2D eigenvalue weighted by Gasteiger charge is -2.36. The van der Waals surface area contributed by atoms with Crippen LogP contribution >= 0.6 is 0 Å². The molecule has 2 N–H and O–H groups in total. The molecule has 6 heteroatoms. The topological polar surface area (TPSA) is 60.0 Å². The summed E-state index contributed by atoms with van der Waals surface area (Å²) in [6, 6.07) is 10.4. The van der Waals surface area contributed by atoms with Crippen molar-refractivity contribution >= 4 is 17.6 Å². The average Bonchev–Trinajstić information content (AvgIpc) is 2.67. The van der Waals surface area contributed by atoms with Gasteiger partial charge >= 0.3 is 0 Å². The molecule has 0 spiro atoms. The minimum Gasteiger partial charge on any atom is -0.368 e. The Labute approximate surface area is 157 Å². The third-order valence-electron chi connectivity index (χ3n) is 4.62. The van der Waals surface area contributed by atoms with Gasteiger partial charge in [0.1, 0.15) is 0 Å². The fourth-order valence-corrected chi connectivity index (χ4v) is 3.00. The molecule has 6 nitrogen and oxygen atoms in total. The average molecular weight is 360 g/mol. The predicted molar refractivity (Wildman–Crippen MR) is 109 cm³/mol. The van der Waals surface area contributed by atoms with Crippen molar-refractivity contribution in [3.63, 3.8) is 0 Å². The zero-order chi connectivity index (χ0) is 18.8. The highest BCUT2D eigenvalue weighted by atomic mass is 16.2. The molecule has 1 aliphatic rings. The van der Waals surface area contributed by atoms with Crippen molar-refractivity contribution in [2.24, 2.45) is 10.9 Å². The third kappa shape index (κ3) is 6.58. The molecule has 1 aromatic rings. The molecule has 1 fully saturated rings. The Balaban J connectivity index is 1.66. The molecule has 0 aliphatic carbocycles. The number of carbonyl (C=O) groups excluding carboxylic acids is 1. The van der Waals surface area contributed by atoms with E-state index in [9.17, 15) is 4.79 Å². The molecule has 1 saturated heterocycles. The van der Waals surface area contributed by atoms with Crippen molar-refractivity contribution in [3.8, 4) is 0 Å². The number of amides is 1. The number of guanidine groups is 1. The summed E-state index contributed by atoms with van der Waals surface area (Å²) >= 11 is 0. The Morgan fingerprint density at radius 1 is 1.08 bits per heavy atom. The van der Waals surface area contributed by atoms with E-state index in [1.807, 2.05) is 11.0 Å². The first kappa shape index (κ1) is 20.1. The molecule has 0 unspecified atom stereocenters. The maximum atomic E-state index is 12.4. The molecule has 26 heavy (non-hydrogen) atoms. The lowest BCUT2D eigenvalue weighted by molar-refractivity contribution is -0.131. The van der Waals surface area contributed by atoms with E-state index in [4.69, 9.17) is 0 Å². The van der Waals surface area contributed by atoms with Gasteiger partial charge in [0.25, 0.3) is 0 Å². The van der Waals surface area contributed by atoms with Crippen LogP contribution in [0, 0.1) is 5.92 Å². The second kappa shape index (κ2) is 10.7. The van der Waals surface area contributed by atoms with Gasteiger partial charge in [0.15, 0.2) is 5.96 Å². The van der Waals surface area contributed by atoms with E-state index in [1.54, 1.807) is 7.05 Å². The van der Waals surface area contributed by atoms with E-state index < -0.39 is 0 Å². The normalized spacial score (nSPS) is 15.3. The Morgan fingerprint density at radius 3 is 2.35 bits per heavy atom. The molecule has 1 aliphatic heterocycles. The molecule has 1 aromatic carbocycles. The van der Waals surface area contributed by atoms with Crippen LogP contribution in [0.25, 0.3) is 0 Å². The van der Waals surface area contributed by atoms with E-state index in [-0.39, 0.29) is 5.91 Å². The number of hydrogen-bond donors (Lipinski definition) is 2. The number of piperazine rings is 1. The molecule has 1 amide bonds. The summed E-state index contributed by atoms with van der Waals surface area (Å²) in [6.07, 6.45) is 1.60. The van der Waals surface area contributed by atoms with Gasteiger partial charge in [-0.1, -0.05) is 32.0 Å². The van der Waals surface area contributed by atoms with E-state index in [1.165, 1.54) is 5.69 Å². The van der Waals surface area contributed by atoms with Gasteiger partial charge in [-0.25, -0.2) is 0 Å². The van der Waals surface area contributed by atoms with Gasteiger partial charge in [-0.3, -0.25) is 9.79 Å².